The van der Waals surface area contributed by atoms with Gasteiger partial charge in [0.1, 0.15) is 11.6 Å². The second kappa shape index (κ2) is 3.74. The van der Waals surface area contributed by atoms with Gasteiger partial charge in [0.05, 0.1) is 12.2 Å². The summed E-state index contributed by atoms with van der Waals surface area (Å²) in [6.07, 6.45) is -3.05. The molecule has 0 aliphatic heterocycles. The molecule has 1 rings (SSSR count). The number of aliphatic hydroxyl groups excluding tert-OH is 1. The monoisotopic (exact) mass is 194 g/mol. The first kappa shape index (κ1) is 9.98. The Morgan fingerprint density at radius 1 is 1.15 bits per heavy atom. The third kappa shape index (κ3) is 1.98. The SMILES string of the molecule is OCc1cc(F)c(C(F)F)cc1F. The van der Waals surface area contributed by atoms with Crippen LogP contribution < -0.4 is 0 Å². The summed E-state index contributed by atoms with van der Waals surface area (Å²) < 4.78 is 49.4. The van der Waals surface area contributed by atoms with E-state index in [1.807, 2.05) is 0 Å². The Hall–Kier alpha value is -1.10. The van der Waals surface area contributed by atoms with Gasteiger partial charge < -0.3 is 5.11 Å². The zero-order valence-corrected chi connectivity index (χ0v) is 6.40. The minimum Gasteiger partial charge on any atom is -0.392 e. The molecule has 13 heavy (non-hydrogen) atoms. The van der Waals surface area contributed by atoms with E-state index in [1.165, 1.54) is 0 Å². The topological polar surface area (TPSA) is 20.2 Å². The van der Waals surface area contributed by atoms with Crippen LogP contribution in [0.2, 0.25) is 0 Å². The molecule has 1 nitrogen and oxygen atoms in total. The maximum atomic E-state index is 12.7. The number of rotatable bonds is 2. The number of halogens is 4. The van der Waals surface area contributed by atoms with Crippen molar-refractivity contribution in [3.63, 3.8) is 0 Å². The molecule has 0 unspecified atom stereocenters. The lowest BCUT2D eigenvalue weighted by Gasteiger charge is -2.04. The van der Waals surface area contributed by atoms with Crippen molar-refractivity contribution in [3.05, 3.63) is 34.9 Å². The fraction of sp³-hybridized carbons (Fsp3) is 0.250. The predicted octanol–water partition coefficient (Wildman–Crippen LogP) is 2.39. The van der Waals surface area contributed by atoms with Gasteiger partial charge in [-0.05, 0) is 12.1 Å². The predicted molar refractivity (Wildman–Crippen MR) is 37.2 cm³/mol. The van der Waals surface area contributed by atoms with Crippen molar-refractivity contribution in [1.82, 2.24) is 0 Å². The highest BCUT2D eigenvalue weighted by Crippen LogP contribution is 2.24. The van der Waals surface area contributed by atoms with Gasteiger partial charge in [-0.1, -0.05) is 0 Å². The Morgan fingerprint density at radius 2 is 1.77 bits per heavy atom. The molecule has 0 aromatic heterocycles. The lowest BCUT2D eigenvalue weighted by Crippen LogP contribution is -1.97. The summed E-state index contributed by atoms with van der Waals surface area (Å²) in [5, 5.41) is 8.48. The van der Waals surface area contributed by atoms with Gasteiger partial charge in [-0.3, -0.25) is 0 Å². The highest BCUT2D eigenvalue weighted by atomic mass is 19.3. The molecule has 0 spiro atoms. The molecule has 1 N–H and O–H groups in total. The fourth-order valence-corrected chi connectivity index (χ4v) is 0.892. The Bertz CT molecular complexity index is 311. The number of hydrogen-bond donors (Lipinski definition) is 1. The molecule has 0 atom stereocenters. The molecular weight excluding hydrogens is 188 g/mol. The van der Waals surface area contributed by atoms with E-state index >= 15 is 0 Å². The summed E-state index contributed by atoms with van der Waals surface area (Å²) in [5.41, 5.74) is -1.32. The second-order valence-corrected chi connectivity index (χ2v) is 2.42. The zero-order chi connectivity index (χ0) is 10.0. The molecule has 0 bridgehead atoms. The molecule has 72 valence electrons. The van der Waals surface area contributed by atoms with E-state index in [0.717, 1.165) is 0 Å². The van der Waals surface area contributed by atoms with Crippen LogP contribution >= 0.6 is 0 Å². The molecule has 0 fully saturated rings. The maximum Gasteiger partial charge on any atom is 0.266 e. The Balaban J connectivity index is 3.20. The minimum atomic E-state index is -3.05. The second-order valence-electron chi connectivity index (χ2n) is 2.42. The smallest absolute Gasteiger partial charge is 0.266 e. The molecule has 0 aliphatic rings. The van der Waals surface area contributed by atoms with Crippen molar-refractivity contribution < 1.29 is 22.7 Å². The van der Waals surface area contributed by atoms with Crippen LogP contribution in [0.5, 0.6) is 0 Å². The summed E-state index contributed by atoms with van der Waals surface area (Å²) in [5.74, 6) is -2.24. The Morgan fingerprint density at radius 3 is 2.23 bits per heavy atom. The molecule has 1 aromatic carbocycles. The van der Waals surface area contributed by atoms with Crippen molar-refractivity contribution >= 4 is 0 Å². The van der Waals surface area contributed by atoms with Crippen LogP contribution in [0.1, 0.15) is 17.6 Å². The molecule has 5 heteroatoms. The van der Waals surface area contributed by atoms with Crippen molar-refractivity contribution in [2.45, 2.75) is 13.0 Å². The normalized spacial score (nSPS) is 10.9. The molecule has 0 saturated heterocycles. The maximum absolute atomic E-state index is 12.7. The first-order chi connectivity index (χ1) is 6.06. The highest BCUT2D eigenvalue weighted by molar-refractivity contribution is 5.26. The van der Waals surface area contributed by atoms with Crippen LogP contribution in [0.4, 0.5) is 17.6 Å². The van der Waals surface area contributed by atoms with Gasteiger partial charge in [-0.2, -0.15) is 0 Å². The average Bonchev–Trinajstić information content (AvgIpc) is 2.07. The highest BCUT2D eigenvalue weighted by Gasteiger charge is 2.16. The van der Waals surface area contributed by atoms with Crippen LogP contribution in [0.3, 0.4) is 0 Å². The summed E-state index contributed by atoms with van der Waals surface area (Å²) in [6.45, 7) is -0.716. The van der Waals surface area contributed by atoms with E-state index in [1.54, 1.807) is 0 Å². The molecule has 0 radical (unpaired) electrons. The first-order valence-electron chi connectivity index (χ1n) is 3.43. The van der Waals surface area contributed by atoms with Crippen LogP contribution in [-0.2, 0) is 6.61 Å². The lowest BCUT2D eigenvalue weighted by atomic mass is 10.1. The van der Waals surface area contributed by atoms with Gasteiger partial charge in [0.2, 0.25) is 0 Å². The van der Waals surface area contributed by atoms with Crippen molar-refractivity contribution in [2.24, 2.45) is 0 Å². The van der Waals surface area contributed by atoms with E-state index in [9.17, 15) is 17.6 Å². The van der Waals surface area contributed by atoms with Crippen LogP contribution in [-0.4, -0.2) is 5.11 Å². The summed E-state index contributed by atoms with van der Waals surface area (Å²) >= 11 is 0. The number of benzene rings is 1. The molecule has 0 heterocycles. The van der Waals surface area contributed by atoms with E-state index in [2.05, 4.69) is 0 Å². The summed E-state index contributed by atoms with van der Waals surface area (Å²) in [7, 11) is 0. The molecule has 1 aromatic rings. The minimum absolute atomic E-state index is 0.332. The van der Waals surface area contributed by atoms with E-state index in [-0.39, 0.29) is 5.56 Å². The van der Waals surface area contributed by atoms with E-state index in [0.29, 0.717) is 12.1 Å². The van der Waals surface area contributed by atoms with Gasteiger partial charge in [0.15, 0.2) is 0 Å². The van der Waals surface area contributed by atoms with E-state index in [4.69, 9.17) is 5.11 Å². The average molecular weight is 194 g/mol. The number of alkyl halides is 2. The van der Waals surface area contributed by atoms with Crippen LogP contribution in [0.15, 0.2) is 12.1 Å². The molecule has 0 aliphatic carbocycles. The van der Waals surface area contributed by atoms with Crippen molar-refractivity contribution in [3.8, 4) is 0 Å². The van der Waals surface area contributed by atoms with Crippen LogP contribution in [0.25, 0.3) is 0 Å². The van der Waals surface area contributed by atoms with Crippen molar-refractivity contribution in [2.75, 3.05) is 0 Å². The Kier molecular flexibility index (Phi) is 2.87. The third-order valence-corrected chi connectivity index (χ3v) is 1.57. The molecule has 0 saturated carbocycles. The van der Waals surface area contributed by atoms with Gasteiger partial charge in [0, 0.05) is 5.56 Å². The van der Waals surface area contributed by atoms with Crippen LogP contribution in [0, 0.1) is 11.6 Å². The Labute approximate surface area is 71.6 Å². The molecular formula is C8H6F4O. The summed E-state index contributed by atoms with van der Waals surface area (Å²) in [6, 6.07) is 0.961. The van der Waals surface area contributed by atoms with Gasteiger partial charge in [0.25, 0.3) is 6.43 Å². The number of aliphatic hydroxyl groups is 1. The standard InChI is InChI=1S/C8H6F4O/c9-6-2-5(8(11)12)7(10)1-4(6)3-13/h1-2,8,13H,3H2. The van der Waals surface area contributed by atoms with E-state index < -0.39 is 30.2 Å². The lowest BCUT2D eigenvalue weighted by molar-refractivity contribution is 0.145. The van der Waals surface area contributed by atoms with Gasteiger partial charge >= 0.3 is 0 Å². The molecule has 0 amide bonds. The first-order valence-corrected chi connectivity index (χ1v) is 3.43. The fourth-order valence-electron chi connectivity index (χ4n) is 0.892. The number of hydrogen-bond acceptors (Lipinski definition) is 1. The van der Waals surface area contributed by atoms with Gasteiger partial charge in [-0.15, -0.1) is 0 Å². The van der Waals surface area contributed by atoms with Crippen molar-refractivity contribution in [1.29, 1.82) is 0 Å². The zero-order valence-electron chi connectivity index (χ0n) is 6.40. The summed E-state index contributed by atoms with van der Waals surface area (Å²) in [4.78, 5) is 0. The third-order valence-electron chi connectivity index (χ3n) is 1.57. The largest absolute Gasteiger partial charge is 0.392 e. The quantitative estimate of drug-likeness (QED) is 0.716. The van der Waals surface area contributed by atoms with Gasteiger partial charge in [-0.25, -0.2) is 17.6 Å².